The zero-order valence-electron chi connectivity index (χ0n) is 19.0. The minimum absolute atomic E-state index is 0.0429. The third-order valence-corrected chi connectivity index (χ3v) is 8.72. The molecule has 3 heteroatoms. The Morgan fingerprint density at radius 2 is 1.55 bits per heavy atom. The van der Waals surface area contributed by atoms with E-state index in [-0.39, 0.29) is 23.4 Å². The number of carbonyl (C=O) groups excluding carboxylic acids is 1. The number of nitriles is 1. The van der Waals surface area contributed by atoms with Gasteiger partial charge in [0.2, 0.25) is 0 Å². The van der Waals surface area contributed by atoms with Gasteiger partial charge in [-0.2, -0.15) is 5.26 Å². The number of rotatable bonds is 7. The second-order valence-corrected chi connectivity index (χ2v) is 10.4. The highest BCUT2D eigenvalue weighted by molar-refractivity contribution is 5.72. The predicted octanol–water partition coefficient (Wildman–Crippen LogP) is 7.20. The van der Waals surface area contributed by atoms with E-state index in [4.69, 9.17) is 4.74 Å². The highest BCUT2D eigenvalue weighted by Gasteiger charge is 2.38. The van der Waals surface area contributed by atoms with Crippen molar-refractivity contribution in [2.45, 2.75) is 123 Å². The van der Waals surface area contributed by atoms with E-state index < -0.39 is 0 Å². The number of ether oxygens (including phenoxy) is 1. The molecule has 0 aromatic carbocycles. The van der Waals surface area contributed by atoms with Crippen LogP contribution in [0.15, 0.2) is 0 Å². The first-order valence-electron chi connectivity index (χ1n) is 12.7. The van der Waals surface area contributed by atoms with Gasteiger partial charge in [0, 0.05) is 0 Å². The van der Waals surface area contributed by atoms with Gasteiger partial charge in [0.05, 0.1) is 17.4 Å². The molecule has 0 aliphatic heterocycles. The van der Waals surface area contributed by atoms with Crippen LogP contribution in [-0.2, 0) is 9.53 Å². The number of carbonyl (C=O) groups is 1. The summed E-state index contributed by atoms with van der Waals surface area (Å²) in [7, 11) is 0. The molecule has 0 unspecified atom stereocenters. The smallest absolute Gasteiger partial charge is 0.309 e. The Morgan fingerprint density at radius 3 is 2.10 bits per heavy atom. The molecule has 3 aliphatic carbocycles. The van der Waals surface area contributed by atoms with E-state index in [0.29, 0.717) is 0 Å². The van der Waals surface area contributed by atoms with Crippen molar-refractivity contribution in [1.82, 2.24) is 0 Å². The predicted molar refractivity (Wildman–Crippen MR) is 117 cm³/mol. The Labute approximate surface area is 179 Å². The summed E-state index contributed by atoms with van der Waals surface area (Å²) in [5.74, 6) is 2.68. The van der Waals surface area contributed by atoms with Gasteiger partial charge in [-0.1, -0.05) is 33.1 Å². The molecule has 0 bridgehead atoms. The highest BCUT2D eigenvalue weighted by atomic mass is 16.5. The molecule has 3 fully saturated rings. The van der Waals surface area contributed by atoms with Crippen molar-refractivity contribution in [2.24, 2.45) is 29.1 Å². The Balaban J connectivity index is 1.35. The van der Waals surface area contributed by atoms with Crippen LogP contribution in [0.3, 0.4) is 0 Å². The van der Waals surface area contributed by atoms with Crippen LogP contribution in [0.25, 0.3) is 0 Å². The molecule has 0 atom stereocenters. The first-order valence-corrected chi connectivity index (χ1v) is 12.7. The first kappa shape index (κ1) is 22.6. The van der Waals surface area contributed by atoms with E-state index in [0.717, 1.165) is 62.7 Å². The van der Waals surface area contributed by atoms with Gasteiger partial charge >= 0.3 is 5.97 Å². The molecule has 0 amide bonds. The molecular formula is C26H43NO2. The van der Waals surface area contributed by atoms with Crippen molar-refractivity contribution in [2.75, 3.05) is 0 Å². The minimum Gasteiger partial charge on any atom is -0.462 e. The topological polar surface area (TPSA) is 50.1 Å². The van der Waals surface area contributed by atoms with Gasteiger partial charge in [-0.05, 0) is 101 Å². The first-order chi connectivity index (χ1) is 14.1. The fourth-order valence-corrected chi connectivity index (χ4v) is 6.33. The summed E-state index contributed by atoms with van der Waals surface area (Å²) < 4.78 is 5.97. The summed E-state index contributed by atoms with van der Waals surface area (Å²) in [6.07, 6.45) is 18.8. The lowest BCUT2D eigenvalue weighted by molar-refractivity contribution is -0.157. The molecule has 0 N–H and O–H groups in total. The van der Waals surface area contributed by atoms with E-state index in [1.54, 1.807) is 0 Å². The molecule has 3 nitrogen and oxygen atoms in total. The zero-order chi connectivity index (χ0) is 20.7. The van der Waals surface area contributed by atoms with Crippen LogP contribution in [0.1, 0.15) is 117 Å². The Kier molecular flexibility index (Phi) is 8.45. The third kappa shape index (κ3) is 5.99. The van der Waals surface area contributed by atoms with E-state index in [9.17, 15) is 10.1 Å². The quantitative estimate of drug-likeness (QED) is 0.424. The molecule has 164 valence electrons. The van der Waals surface area contributed by atoms with Crippen LogP contribution in [0.5, 0.6) is 0 Å². The molecule has 0 aromatic rings. The molecule has 0 aromatic heterocycles. The van der Waals surface area contributed by atoms with Gasteiger partial charge in [0.25, 0.3) is 0 Å². The third-order valence-electron chi connectivity index (χ3n) is 8.72. The molecular weight excluding hydrogens is 358 g/mol. The Morgan fingerprint density at radius 1 is 0.931 bits per heavy atom. The largest absolute Gasteiger partial charge is 0.462 e. The van der Waals surface area contributed by atoms with Crippen molar-refractivity contribution in [3.05, 3.63) is 0 Å². The molecule has 3 rings (SSSR count). The van der Waals surface area contributed by atoms with Crippen LogP contribution in [0.2, 0.25) is 0 Å². The summed E-state index contributed by atoms with van der Waals surface area (Å²) in [5, 5.41) is 9.52. The maximum absolute atomic E-state index is 12.7. The SMILES string of the molecule is CCCCC1CCC(C(=O)OC2CCC(C3CCC(C#N)(CC)CC3)CC2)CC1. The van der Waals surface area contributed by atoms with Crippen molar-refractivity contribution in [3.63, 3.8) is 0 Å². The number of nitrogens with zero attached hydrogens (tertiary/aromatic N) is 1. The summed E-state index contributed by atoms with van der Waals surface area (Å²) in [6.45, 7) is 4.43. The Hall–Kier alpha value is -1.04. The second-order valence-electron chi connectivity index (χ2n) is 10.4. The number of esters is 1. The Bertz CT molecular complexity index is 542. The summed E-state index contributed by atoms with van der Waals surface area (Å²) in [6, 6.07) is 2.61. The van der Waals surface area contributed by atoms with Crippen LogP contribution in [0.4, 0.5) is 0 Å². The highest BCUT2D eigenvalue weighted by Crippen LogP contribution is 2.46. The molecule has 29 heavy (non-hydrogen) atoms. The minimum atomic E-state index is -0.0429. The van der Waals surface area contributed by atoms with Gasteiger partial charge < -0.3 is 4.74 Å². The van der Waals surface area contributed by atoms with E-state index >= 15 is 0 Å². The standard InChI is InChI=1S/C26H43NO2/c1-3-5-6-20-7-9-23(10-8-20)25(28)29-24-13-11-21(12-14-24)22-15-17-26(4-2,19-27)18-16-22/h20-24H,3-18H2,1-2H3. The van der Waals surface area contributed by atoms with Crippen LogP contribution < -0.4 is 0 Å². The van der Waals surface area contributed by atoms with Crippen LogP contribution >= 0.6 is 0 Å². The molecule has 0 heterocycles. The van der Waals surface area contributed by atoms with Gasteiger partial charge in [-0.3, -0.25) is 4.79 Å². The maximum Gasteiger partial charge on any atom is 0.309 e. The van der Waals surface area contributed by atoms with Crippen LogP contribution in [0, 0.1) is 40.4 Å². The fourth-order valence-electron chi connectivity index (χ4n) is 6.33. The zero-order valence-corrected chi connectivity index (χ0v) is 19.0. The summed E-state index contributed by atoms with van der Waals surface area (Å²) >= 11 is 0. The second kappa shape index (κ2) is 10.8. The maximum atomic E-state index is 12.7. The molecule has 0 saturated heterocycles. The van der Waals surface area contributed by atoms with Gasteiger partial charge in [0.15, 0.2) is 0 Å². The van der Waals surface area contributed by atoms with E-state index in [1.807, 2.05) is 0 Å². The van der Waals surface area contributed by atoms with Gasteiger partial charge in [-0.25, -0.2) is 0 Å². The lowest BCUT2D eigenvalue weighted by Crippen LogP contribution is -2.33. The number of unbranched alkanes of at least 4 members (excludes halogenated alkanes) is 1. The van der Waals surface area contributed by atoms with E-state index in [1.165, 1.54) is 57.8 Å². The molecule has 3 saturated carbocycles. The molecule has 3 aliphatic rings. The van der Waals surface area contributed by atoms with Crippen LogP contribution in [-0.4, -0.2) is 12.1 Å². The summed E-state index contributed by atoms with van der Waals surface area (Å²) in [4.78, 5) is 12.7. The molecule has 0 spiro atoms. The van der Waals surface area contributed by atoms with Crippen molar-refractivity contribution >= 4 is 5.97 Å². The number of hydrogen-bond donors (Lipinski definition) is 0. The summed E-state index contributed by atoms with van der Waals surface area (Å²) in [5.41, 5.74) is -0.0429. The average molecular weight is 402 g/mol. The monoisotopic (exact) mass is 401 g/mol. The average Bonchev–Trinajstić information content (AvgIpc) is 2.78. The molecule has 0 radical (unpaired) electrons. The van der Waals surface area contributed by atoms with Crippen molar-refractivity contribution < 1.29 is 9.53 Å². The fraction of sp³-hybridized carbons (Fsp3) is 0.923. The van der Waals surface area contributed by atoms with Gasteiger partial charge in [0.1, 0.15) is 6.10 Å². The lowest BCUT2D eigenvalue weighted by Gasteiger charge is -2.40. The van der Waals surface area contributed by atoms with Crippen molar-refractivity contribution in [3.8, 4) is 6.07 Å². The van der Waals surface area contributed by atoms with Gasteiger partial charge in [-0.15, -0.1) is 0 Å². The number of hydrogen-bond acceptors (Lipinski definition) is 3. The lowest BCUT2D eigenvalue weighted by atomic mass is 9.65. The van der Waals surface area contributed by atoms with Crippen molar-refractivity contribution in [1.29, 1.82) is 5.26 Å². The normalized spacial score (nSPS) is 38.2. The van der Waals surface area contributed by atoms with E-state index in [2.05, 4.69) is 19.9 Å².